The van der Waals surface area contributed by atoms with Gasteiger partial charge in [0.2, 0.25) is 0 Å². The maximum Gasteiger partial charge on any atom is 0.182 e. The van der Waals surface area contributed by atoms with Crippen LogP contribution in [0.2, 0.25) is 0 Å². The number of rotatable bonds is 1. The van der Waals surface area contributed by atoms with Crippen molar-refractivity contribution < 1.29 is 13.2 Å². The molecular weight excluding hydrogens is 179 g/mol. The summed E-state index contributed by atoms with van der Waals surface area (Å²) in [6.45, 7) is 2.82. The second-order valence-corrected chi connectivity index (χ2v) is 2.81. The van der Waals surface area contributed by atoms with Crippen LogP contribution in [0.4, 0.5) is 18.9 Å². The molecule has 0 aromatic heterocycles. The molecule has 1 aromatic rings. The molecule has 2 N–H and O–H groups in total. The number of nitrogen functional groups attached to an aromatic ring is 1. The lowest BCUT2D eigenvalue weighted by Crippen LogP contribution is -2.06. The molecule has 1 rings (SSSR count). The Kier molecular flexibility index (Phi) is 2.50. The van der Waals surface area contributed by atoms with E-state index in [2.05, 4.69) is 0 Å². The summed E-state index contributed by atoms with van der Waals surface area (Å²) in [6, 6.07) is 0. The largest absolute Gasteiger partial charge is 0.396 e. The van der Waals surface area contributed by atoms with Crippen molar-refractivity contribution in [2.45, 2.75) is 20.3 Å². The summed E-state index contributed by atoms with van der Waals surface area (Å²) in [5.41, 5.74) is 4.50. The van der Waals surface area contributed by atoms with Gasteiger partial charge < -0.3 is 5.73 Å². The van der Waals surface area contributed by atoms with Crippen LogP contribution in [0, 0.1) is 24.4 Å². The molecule has 1 aromatic carbocycles. The quantitative estimate of drug-likeness (QED) is 0.533. The van der Waals surface area contributed by atoms with Crippen LogP contribution < -0.4 is 5.73 Å². The monoisotopic (exact) mass is 189 g/mol. The summed E-state index contributed by atoms with van der Waals surface area (Å²) in [4.78, 5) is 0. The van der Waals surface area contributed by atoms with Gasteiger partial charge in [-0.1, -0.05) is 6.92 Å². The zero-order chi connectivity index (χ0) is 10.2. The molecule has 0 saturated heterocycles. The van der Waals surface area contributed by atoms with Crippen LogP contribution in [-0.2, 0) is 6.42 Å². The van der Waals surface area contributed by atoms with Gasteiger partial charge in [-0.15, -0.1) is 0 Å². The Hall–Kier alpha value is -1.19. The van der Waals surface area contributed by atoms with Crippen LogP contribution in [0.15, 0.2) is 0 Å². The Morgan fingerprint density at radius 3 is 2.08 bits per heavy atom. The van der Waals surface area contributed by atoms with Crippen LogP contribution in [0.1, 0.15) is 18.1 Å². The average molecular weight is 189 g/mol. The van der Waals surface area contributed by atoms with Crippen molar-refractivity contribution in [3.63, 3.8) is 0 Å². The van der Waals surface area contributed by atoms with Crippen molar-refractivity contribution >= 4 is 5.69 Å². The van der Waals surface area contributed by atoms with Gasteiger partial charge >= 0.3 is 0 Å². The zero-order valence-electron chi connectivity index (χ0n) is 7.42. The molecule has 0 aliphatic heterocycles. The van der Waals surface area contributed by atoms with E-state index in [1.165, 1.54) is 6.92 Å². The molecule has 4 heteroatoms. The first-order valence-electron chi connectivity index (χ1n) is 3.92. The molecule has 0 spiro atoms. The van der Waals surface area contributed by atoms with Gasteiger partial charge in [-0.2, -0.15) is 0 Å². The third-order valence-corrected chi connectivity index (χ3v) is 2.03. The second-order valence-electron chi connectivity index (χ2n) is 2.81. The van der Waals surface area contributed by atoms with Gasteiger partial charge in [-0.3, -0.25) is 0 Å². The van der Waals surface area contributed by atoms with E-state index < -0.39 is 23.1 Å². The summed E-state index contributed by atoms with van der Waals surface area (Å²) in [6.07, 6.45) is 0.246. The van der Waals surface area contributed by atoms with Crippen LogP contribution in [-0.4, -0.2) is 0 Å². The summed E-state index contributed by atoms with van der Waals surface area (Å²) in [7, 11) is 0. The number of nitrogens with two attached hydrogens (primary N) is 1. The van der Waals surface area contributed by atoms with Gasteiger partial charge in [0.25, 0.3) is 0 Å². The minimum Gasteiger partial charge on any atom is -0.396 e. The van der Waals surface area contributed by atoms with E-state index in [0.717, 1.165) is 0 Å². The minimum absolute atomic E-state index is 0.0383. The number of anilines is 1. The highest BCUT2D eigenvalue weighted by Gasteiger charge is 2.19. The highest BCUT2D eigenvalue weighted by molar-refractivity contribution is 5.51. The van der Waals surface area contributed by atoms with Gasteiger partial charge in [0.05, 0.1) is 5.69 Å². The molecule has 0 amide bonds. The van der Waals surface area contributed by atoms with Crippen molar-refractivity contribution in [3.8, 4) is 0 Å². The fraction of sp³-hybridized carbons (Fsp3) is 0.333. The van der Waals surface area contributed by atoms with Gasteiger partial charge in [0.15, 0.2) is 11.6 Å². The Balaban J connectivity index is 3.56. The predicted octanol–water partition coefficient (Wildman–Crippen LogP) is 2.56. The average Bonchev–Trinajstić information content (AvgIpc) is 2.13. The number of hydrogen-bond donors (Lipinski definition) is 1. The first-order valence-corrected chi connectivity index (χ1v) is 3.92. The molecular formula is C9H10F3N. The van der Waals surface area contributed by atoms with E-state index in [4.69, 9.17) is 5.73 Å². The Morgan fingerprint density at radius 1 is 1.08 bits per heavy atom. The molecule has 0 aliphatic rings. The van der Waals surface area contributed by atoms with Crippen molar-refractivity contribution in [1.29, 1.82) is 0 Å². The topological polar surface area (TPSA) is 26.0 Å². The maximum atomic E-state index is 13.2. The highest BCUT2D eigenvalue weighted by atomic mass is 19.2. The smallest absolute Gasteiger partial charge is 0.182 e. The molecule has 72 valence electrons. The normalized spacial score (nSPS) is 10.5. The SMILES string of the molecule is CCc1c(N)c(F)c(F)c(C)c1F. The number of halogens is 3. The van der Waals surface area contributed by atoms with Gasteiger partial charge in [-0.05, 0) is 13.3 Å². The Morgan fingerprint density at radius 2 is 1.62 bits per heavy atom. The Labute approximate surface area is 74.4 Å². The van der Waals surface area contributed by atoms with Crippen molar-refractivity contribution in [2.24, 2.45) is 0 Å². The van der Waals surface area contributed by atoms with Crippen LogP contribution in [0.5, 0.6) is 0 Å². The Bertz CT molecular complexity index is 318. The van der Waals surface area contributed by atoms with Gasteiger partial charge in [0, 0.05) is 11.1 Å². The zero-order valence-corrected chi connectivity index (χ0v) is 7.42. The molecule has 0 heterocycles. The number of benzene rings is 1. The van der Waals surface area contributed by atoms with Crippen molar-refractivity contribution in [1.82, 2.24) is 0 Å². The fourth-order valence-electron chi connectivity index (χ4n) is 1.20. The van der Waals surface area contributed by atoms with Crippen LogP contribution >= 0.6 is 0 Å². The minimum atomic E-state index is -1.20. The predicted molar refractivity (Wildman–Crippen MR) is 44.8 cm³/mol. The van der Waals surface area contributed by atoms with E-state index in [1.54, 1.807) is 6.92 Å². The lowest BCUT2D eigenvalue weighted by atomic mass is 10.0. The molecule has 0 unspecified atom stereocenters. The molecule has 0 radical (unpaired) electrons. The van der Waals surface area contributed by atoms with Gasteiger partial charge in [-0.25, -0.2) is 13.2 Å². The highest BCUT2D eigenvalue weighted by Crippen LogP contribution is 2.26. The molecule has 13 heavy (non-hydrogen) atoms. The maximum absolute atomic E-state index is 13.2. The van der Waals surface area contributed by atoms with Crippen LogP contribution in [0.3, 0.4) is 0 Å². The van der Waals surface area contributed by atoms with E-state index in [9.17, 15) is 13.2 Å². The lowest BCUT2D eigenvalue weighted by molar-refractivity contribution is 0.485. The third-order valence-electron chi connectivity index (χ3n) is 2.03. The van der Waals surface area contributed by atoms with E-state index in [1.807, 2.05) is 0 Å². The molecule has 0 saturated carbocycles. The summed E-state index contributed by atoms with van der Waals surface area (Å²) < 4.78 is 39.0. The third kappa shape index (κ3) is 1.36. The van der Waals surface area contributed by atoms with Gasteiger partial charge in [0.1, 0.15) is 5.82 Å². The standard InChI is InChI=1S/C9H10F3N/c1-3-5-6(10)4(2)7(11)8(12)9(5)13/h3,13H2,1-2H3. The summed E-state index contributed by atoms with van der Waals surface area (Å²) >= 11 is 0. The van der Waals surface area contributed by atoms with E-state index >= 15 is 0 Å². The van der Waals surface area contributed by atoms with Crippen molar-refractivity contribution in [3.05, 3.63) is 28.6 Å². The molecule has 1 nitrogen and oxygen atoms in total. The summed E-state index contributed by atoms with van der Waals surface area (Å²) in [5.74, 6) is -3.11. The fourth-order valence-corrected chi connectivity index (χ4v) is 1.20. The molecule has 0 bridgehead atoms. The van der Waals surface area contributed by atoms with Crippen molar-refractivity contribution in [2.75, 3.05) is 5.73 Å². The second kappa shape index (κ2) is 3.28. The van der Waals surface area contributed by atoms with Crippen LogP contribution in [0.25, 0.3) is 0 Å². The first kappa shape index (κ1) is 9.89. The van der Waals surface area contributed by atoms with E-state index in [0.29, 0.717) is 0 Å². The molecule has 0 aliphatic carbocycles. The summed E-state index contributed by atoms with van der Waals surface area (Å²) in [5, 5.41) is 0. The molecule has 0 atom stereocenters. The molecule has 0 fully saturated rings. The lowest BCUT2D eigenvalue weighted by Gasteiger charge is -2.09. The number of hydrogen-bond acceptors (Lipinski definition) is 1. The first-order chi connectivity index (χ1) is 6.00. The van der Waals surface area contributed by atoms with E-state index in [-0.39, 0.29) is 17.5 Å².